The molecule has 6 nitrogen and oxygen atoms in total. The zero-order chi connectivity index (χ0) is 17.6. The Balaban J connectivity index is 1.43. The molecular formula is C19H27N3O3. The Bertz CT molecular complexity index is 585. The first-order chi connectivity index (χ1) is 12.1. The van der Waals surface area contributed by atoms with E-state index in [4.69, 9.17) is 10.5 Å². The van der Waals surface area contributed by atoms with Gasteiger partial charge in [0.15, 0.2) is 0 Å². The fraction of sp³-hybridized carbons (Fsp3) is 0.579. The SMILES string of the molecule is NC(=O)N1CCCC(C(=O)N2CCC(OCc3ccccc3)CC2)C1. The molecule has 2 N–H and O–H groups in total. The lowest BCUT2D eigenvalue weighted by molar-refractivity contribution is -0.139. The van der Waals surface area contributed by atoms with Crippen LogP contribution in [0.5, 0.6) is 0 Å². The summed E-state index contributed by atoms with van der Waals surface area (Å²) in [7, 11) is 0. The van der Waals surface area contributed by atoms with Gasteiger partial charge in [0, 0.05) is 26.2 Å². The van der Waals surface area contributed by atoms with Gasteiger partial charge >= 0.3 is 6.03 Å². The highest BCUT2D eigenvalue weighted by molar-refractivity contribution is 5.80. The summed E-state index contributed by atoms with van der Waals surface area (Å²) in [6.07, 6.45) is 3.62. The number of piperidine rings is 2. The van der Waals surface area contributed by atoms with Crippen LogP contribution in [0, 0.1) is 5.92 Å². The highest BCUT2D eigenvalue weighted by Crippen LogP contribution is 2.22. The average Bonchev–Trinajstić information content (AvgIpc) is 2.67. The van der Waals surface area contributed by atoms with Crippen molar-refractivity contribution in [2.45, 2.75) is 38.4 Å². The lowest BCUT2D eigenvalue weighted by Gasteiger charge is -2.37. The number of nitrogens with zero attached hydrogens (tertiary/aromatic N) is 2. The van der Waals surface area contributed by atoms with Crippen molar-refractivity contribution in [2.24, 2.45) is 11.7 Å². The summed E-state index contributed by atoms with van der Waals surface area (Å²) in [6, 6.07) is 9.72. The molecule has 2 aliphatic heterocycles. The van der Waals surface area contributed by atoms with E-state index in [2.05, 4.69) is 12.1 Å². The van der Waals surface area contributed by atoms with E-state index in [0.717, 1.165) is 38.8 Å². The van der Waals surface area contributed by atoms with Crippen LogP contribution in [0.15, 0.2) is 30.3 Å². The summed E-state index contributed by atoms with van der Waals surface area (Å²) in [5.74, 6) is 0.0514. The van der Waals surface area contributed by atoms with Gasteiger partial charge in [-0.15, -0.1) is 0 Å². The molecule has 25 heavy (non-hydrogen) atoms. The minimum Gasteiger partial charge on any atom is -0.373 e. The second kappa shape index (κ2) is 8.34. The molecule has 1 aromatic carbocycles. The van der Waals surface area contributed by atoms with Crippen LogP contribution in [-0.4, -0.2) is 54.0 Å². The lowest BCUT2D eigenvalue weighted by Crippen LogP contribution is -2.50. The molecular weight excluding hydrogens is 318 g/mol. The first-order valence-electron chi connectivity index (χ1n) is 9.12. The molecule has 1 unspecified atom stereocenters. The molecule has 0 bridgehead atoms. The van der Waals surface area contributed by atoms with Crippen molar-refractivity contribution in [3.8, 4) is 0 Å². The molecule has 2 saturated heterocycles. The Kier molecular flexibility index (Phi) is 5.91. The number of hydrogen-bond acceptors (Lipinski definition) is 3. The van der Waals surface area contributed by atoms with Crippen molar-refractivity contribution in [1.82, 2.24) is 9.80 Å². The van der Waals surface area contributed by atoms with Crippen LogP contribution in [0.25, 0.3) is 0 Å². The van der Waals surface area contributed by atoms with E-state index in [-0.39, 0.29) is 17.9 Å². The first kappa shape index (κ1) is 17.7. The summed E-state index contributed by atoms with van der Waals surface area (Å²) in [5.41, 5.74) is 6.53. The molecule has 0 aliphatic carbocycles. The number of rotatable bonds is 4. The van der Waals surface area contributed by atoms with Gasteiger partial charge in [0.25, 0.3) is 0 Å². The van der Waals surface area contributed by atoms with Crippen LogP contribution >= 0.6 is 0 Å². The van der Waals surface area contributed by atoms with E-state index in [1.807, 2.05) is 23.1 Å². The van der Waals surface area contributed by atoms with Gasteiger partial charge in [-0.2, -0.15) is 0 Å². The highest BCUT2D eigenvalue weighted by Gasteiger charge is 2.32. The third-order valence-corrected chi connectivity index (χ3v) is 5.16. The average molecular weight is 345 g/mol. The quantitative estimate of drug-likeness (QED) is 0.907. The molecule has 0 spiro atoms. The van der Waals surface area contributed by atoms with Gasteiger partial charge in [0.1, 0.15) is 0 Å². The van der Waals surface area contributed by atoms with Crippen molar-refractivity contribution in [3.05, 3.63) is 35.9 Å². The maximum absolute atomic E-state index is 12.7. The molecule has 2 aliphatic rings. The molecule has 3 amide bonds. The van der Waals surface area contributed by atoms with E-state index < -0.39 is 6.03 Å². The Labute approximate surface area is 148 Å². The Morgan fingerprint density at radius 3 is 2.44 bits per heavy atom. The second-order valence-corrected chi connectivity index (χ2v) is 6.94. The number of ether oxygens (including phenoxy) is 1. The number of urea groups is 1. The monoisotopic (exact) mass is 345 g/mol. The normalized spacial score (nSPS) is 22.0. The molecule has 0 aromatic heterocycles. The Morgan fingerprint density at radius 2 is 1.76 bits per heavy atom. The van der Waals surface area contributed by atoms with Crippen molar-refractivity contribution in [2.75, 3.05) is 26.2 Å². The van der Waals surface area contributed by atoms with Gasteiger partial charge in [0.2, 0.25) is 5.91 Å². The van der Waals surface area contributed by atoms with E-state index in [9.17, 15) is 9.59 Å². The van der Waals surface area contributed by atoms with Gasteiger partial charge in [0.05, 0.1) is 18.6 Å². The predicted molar refractivity (Wildman–Crippen MR) is 94.7 cm³/mol. The van der Waals surface area contributed by atoms with E-state index in [1.54, 1.807) is 4.90 Å². The molecule has 3 rings (SSSR count). The second-order valence-electron chi connectivity index (χ2n) is 6.94. The Morgan fingerprint density at radius 1 is 1.04 bits per heavy atom. The van der Waals surface area contributed by atoms with E-state index >= 15 is 0 Å². The van der Waals surface area contributed by atoms with Crippen molar-refractivity contribution < 1.29 is 14.3 Å². The zero-order valence-electron chi connectivity index (χ0n) is 14.6. The third-order valence-electron chi connectivity index (χ3n) is 5.16. The van der Waals surface area contributed by atoms with E-state index in [0.29, 0.717) is 19.7 Å². The third kappa shape index (κ3) is 4.72. The van der Waals surface area contributed by atoms with Crippen molar-refractivity contribution in [1.29, 1.82) is 0 Å². The van der Waals surface area contributed by atoms with Crippen molar-refractivity contribution >= 4 is 11.9 Å². The van der Waals surface area contributed by atoms with Gasteiger partial charge in [-0.3, -0.25) is 4.79 Å². The summed E-state index contributed by atoms with van der Waals surface area (Å²) < 4.78 is 5.98. The number of carbonyl (C=O) groups excluding carboxylic acids is 2. The summed E-state index contributed by atoms with van der Waals surface area (Å²) in [6.45, 7) is 3.19. The van der Waals surface area contributed by atoms with Gasteiger partial charge in [-0.1, -0.05) is 30.3 Å². The summed E-state index contributed by atoms with van der Waals surface area (Å²) in [5, 5.41) is 0. The predicted octanol–water partition coefficient (Wildman–Crippen LogP) is 1.98. The number of benzene rings is 1. The molecule has 1 atom stereocenters. The number of likely N-dealkylation sites (tertiary alicyclic amines) is 2. The van der Waals surface area contributed by atoms with Crippen LogP contribution in [0.1, 0.15) is 31.2 Å². The van der Waals surface area contributed by atoms with Crippen molar-refractivity contribution in [3.63, 3.8) is 0 Å². The van der Waals surface area contributed by atoms with Crippen LogP contribution in [0.4, 0.5) is 4.79 Å². The van der Waals surface area contributed by atoms with Crippen LogP contribution < -0.4 is 5.73 Å². The molecule has 1 aromatic rings. The number of amides is 3. The number of hydrogen-bond donors (Lipinski definition) is 1. The minimum absolute atomic E-state index is 0.108. The summed E-state index contributed by atoms with van der Waals surface area (Å²) >= 11 is 0. The standard InChI is InChI=1S/C19H27N3O3/c20-19(24)22-10-4-7-16(13-22)18(23)21-11-8-17(9-12-21)25-14-15-5-2-1-3-6-15/h1-3,5-6,16-17H,4,7-14H2,(H2,20,24). The van der Waals surface area contributed by atoms with Crippen LogP contribution in [0.3, 0.4) is 0 Å². The van der Waals surface area contributed by atoms with Crippen LogP contribution in [-0.2, 0) is 16.1 Å². The van der Waals surface area contributed by atoms with Gasteiger partial charge in [-0.05, 0) is 31.2 Å². The number of nitrogens with two attached hydrogens (primary N) is 1. The number of carbonyl (C=O) groups is 2. The highest BCUT2D eigenvalue weighted by atomic mass is 16.5. The molecule has 0 saturated carbocycles. The topological polar surface area (TPSA) is 75.9 Å². The maximum Gasteiger partial charge on any atom is 0.314 e. The first-order valence-corrected chi connectivity index (χ1v) is 9.12. The maximum atomic E-state index is 12.7. The molecule has 136 valence electrons. The van der Waals surface area contributed by atoms with Gasteiger partial charge < -0.3 is 20.3 Å². The molecule has 0 radical (unpaired) electrons. The fourth-order valence-corrected chi connectivity index (χ4v) is 3.67. The number of primary amides is 1. The largest absolute Gasteiger partial charge is 0.373 e. The molecule has 2 fully saturated rings. The lowest BCUT2D eigenvalue weighted by atomic mass is 9.95. The van der Waals surface area contributed by atoms with Crippen LogP contribution in [0.2, 0.25) is 0 Å². The Hall–Kier alpha value is -2.08. The van der Waals surface area contributed by atoms with Gasteiger partial charge in [-0.25, -0.2) is 4.79 Å². The molecule has 6 heteroatoms. The summed E-state index contributed by atoms with van der Waals surface area (Å²) in [4.78, 5) is 27.6. The minimum atomic E-state index is -0.425. The zero-order valence-corrected chi connectivity index (χ0v) is 14.6. The van der Waals surface area contributed by atoms with E-state index in [1.165, 1.54) is 5.56 Å². The molecule has 2 heterocycles. The smallest absolute Gasteiger partial charge is 0.314 e. The fourth-order valence-electron chi connectivity index (χ4n) is 3.67.